The molecule has 1 aliphatic carbocycles. The van der Waals surface area contributed by atoms with E-state index >= 15 is 0 Å². The highest BCUT2D eigenvalue weighted by Gasteiger charge is 2.27. The third-order valence-corrected chi connectivity index (χ3v) is 5.26. The fourth-order valence-corrected chi connectivity index (χ4v) is 3.88. The van der Waals surface area contributed by atoms with Crippen LogP contribution in [0.15, 0.2) is 17.1 Å². The van der Waals surface area contributed by atoms with Gasteiger partial charge in [0, 0.05) is 25.2 Å². The summed E-state index contributed by atoms with van der Waals surface area (Å²) in [5, 5.41) is 9.55. The minimum absolute atomic E-state index is 0.00322. The number of carbonyl (C=O) groups excluding carboxylic acids is 1. The number of hydrogen-bond acceptors (Lipinski definition) is 4. The van der Waals surface area contributed by atoms with E-state index in [4.69, 9.17) is 0 Å². The van der Waals surface area contributed by atoms with Gasteiger partial charge >= 0.3 is 0 Å². The van der Waals surface area contributed by atoms with Crippen molar-refractivity contribution in [3.8, 4) is 0 Å². The smallest absolute Gasteiger partial charge is 0.266 e. The van der Waals surface area contributed by atoms with Crippen LogP contribution in [-0.4, -0.2) is 35.2 Å². The van der Waals surface area contributed by atoms with E-state index in [1.165, 1.54) is 32.1 Å². The van der Waals surface area contributed by atoms with Crippen LogP contribution in [0.1, 0.15) is 57.8 Å². The molecule has 1 aromatic heterocycles. The lowest BCUT2D eigenvalue weighted by Crippen LogP contribution is -2.46. The summed E-state index contributed by atoms with van der Waals surface area (Å²) in [5.74, 6) is 0.187. The van der Waals surface area contributed by atoms with Gasteiger partial charge in [-0.15, -0.1) is 0 Å². The lowest BCUT2D eigenvalue weighted by Gasteiger charge is -2.34. The third-order valence-electron chi connectivity index (χ3n) is 5.26. The second-order valence-electron chi connectivity index (χ2n) is 7.14. The van der Waals surface area contributed by atoms with E-state index in [9.17, 15) is 9.59 Å². The summed E-state index contributed by atoms with van der Waals surface area (Å²) in [6.45, 7) is 1.54. The lowest BCUT2D eigenvalue weighted by molar-refractivity contribution is -0.126. The fraction of sp³-hybridized carbons (Fsp3) is 0.722. The average Bonchev–Trinajstić information content (AvgIpc) is 2.57. The van der Waals surface area contributed by atoms with Gasteiger partial charge in [-0.05, 0) is 25.7 Å². The van der Waals surface area contributed by atoms with Crippen molar-refractivity contribution >= 4 is 11.6 Å². The molecule has 2 fully saturated rings. The van der Waals surface area contributed by atoms with Gasteiger partial charge in [0.25, 0.3) is 5.56 Å². The highest BCUT2D eigenvalue weighted by Crippen LogP contribution is 2.23. The molecule has 1 unspecified atom stereocenters. The van der Waals surface area contributed by atoms with E-state index in [2.05, 4.69) is 20.4 Å². The summed E-state index contributed by atoms with van der Waals surface area (Å²) >= 11 is 0. The summed E-state index contributed by atoms with van der Waals surface area (Å²) in [6, 6.07) is 1.90. The molecule has 0 bridgehead atoms. The molecule has 3 rings (SSSR count). The van der Waals surface area contributed by atoms with Gasteiger partial charge in [-0.25, -0.2) is 5.10 Å². The summed E-state index contributed by atoms with van der Waals surface area (Å²) in [4.78, 5) is 26.2. The van der Waals surface area contributed by atoms with Crippen molar-refractivity contribution in [1.82, 2.24) is 15.5 Å². The average molecular weight is 332 g/mol. The van der Waals surface area contributed by atoms with Crippen molar-refractivity contribution in [1.29, 1.82) is 0 Å². The van der Waals surface area contributed by atoms with Crippen LogP contribution < -0.4 is 15.8 Å². The first-order valence-electron chi connectivity index (χ1n) is 9.32. The SMILES string of the molecule is O=C(NC1CCCCCCC1)C1CCCN(c2cn[nH]c(=O)c2)C1. The molecule has 0 spiro atoms. The van der Waals surface area contributed by atoms with Gasteiger partial charge in [0.05, 0.1) is 17.8 Å². The minimum Gasteiger partial charge on any atom is -0.369 e. The van der Waals surface area contributed by atoms with Crippen LogP contribution in [0, 0.1) is 5.92 Å². The maximum absolute atomic E-state index is 12.7. The number of rotatable bonds is 3. The zero-order chi connectivity index (χ0) is 16.8. The third kappa shape index (κ3) is 4.58. The van der Waals surface area contributed by atoms with Crippen molar-refractivity contribution in [3.05, 3.63) is 22.6 Å². The monoisotopic (exact) mass is 332 g/mol. The number of aromatic amines is 1. The maximum atomic E-state index is 12.7. The Bertz CT molecular complexity index is 593. The normalized spacial score (nSPS) is 23.3. The van der Waals surface area contributed by atoms with Gasteiger partial charge in [0.2, 0.25) is 5.91 Å². The summed E-state index contributed by atoms with van der Waals surface area (Å²) < 4.78 is 0. The number of piperidine rings is 1. The topological polar surface area (TPSA) is 78.1 Å². The van der Waals surface area contributed by atoms with Crippen LogP contribution in [0.25, 0.3) is 0 Å². The van der Waals surface area contributed by atoms with E-state index in [1.807, 2.05) is 0 Å². The Kier molecular flexibility index (Phi) is 5.88. The van der Waals surface area contributed by atoms with Crippen LogP contribution in [0.2, 0.25) is 0 Å². The number of amides is 1. The zero-order valence-electron chi connectivity index (χ0n) is 14.3. The molecule has 1 saturated heterocycles. The number of carbonyl (C=O) groups is 1. The molecule has 0 radical (unpaired) electrons. The number of nitrogens with one attached hydrogen (secondary N) is 2. The van der Waals surface area contributed by atoms with Crippen molar-refractivity contribution in [2.75, 3.05) is 18.0 Å². The zero-order valence-corrected chi connectivity index (χ0v) is 14.3. The molecule has 1 saturated carbocycles. The van der Waals surface area contributed by atoms with Crippen molar-refractivity contribution in [3.63, 3.8) is 0 Å². The second-order valence-corrected chi connectivity index (χ2v) is 7.14. The molecule has 0 aromatic carbocycles. The van der Waals surface area contributed by atoms with Crippen LogP contribution in [0.4, 0.5) is 5.69 Å². The number of aromatic nitrogens is 2. The van der Waals surface area contributed by atoms with E-state index in [0.717, 1.165) is 37.9 Å². The molecular weight excluding hydrogens is 304 g/mol. The first-order valence-corrected chi connectivity index (χ1v) is 9.32. The quantitative estimate of drug-likeness (QED) is 0.889. The first kappa shape index (κ1) is 17.0. The van der Waals surface area contributed by atoms with Gasteiger partial charge in [0.1, 0.15) is 0 Å². The van der Waals surface area contributed by atoms with Crippen molar-refractivity contribution < 1.29 is 4.79 Å². The highest BCUT2D eigenvalue weighted by molar-refractivity contribution is 5.79. The molecule has 132 valence electrons. The number of nitrogens with zero attached hydrogens (tertiary/aromatic N) is 2. The minimum atomic E-state index is -0.200. The maximum Gasteiger partial charge on any atom is 0.266 e. The van der Waals surface area contributed by atoms with Crippen molar-refractivity contribution in [2.24, 2.45) is 5.92 Å². The standard InChI is InChI=1S/C18H28N4O2/c23-17-11-16(12-19-21-17)22-10-6-7-14(13-22)18(24)20-15-8-4-2-1-3-5-9-15/h11-12,14-15H,1-10,13H2,(H,20,24)(H,21,23). The van der Waals surface area contributed by atoms with E-state index in [-0.39, 0.29) is 17.4 Å². The highest BCUT2D eigenvalue weighted by atomic mass is 16.2. The summed E-state index contributed by atoms with van der Waals surface area (Å²) in [5.41, 5.74) is 0.607. The Labute approximate surface area is 143 Å². The predicted octanol–water partition coefficient (Wildman–Crippen LogP) is 2.22. The van der Waals surface area contributed by atoms with Crippen LogP contribution >= 0.6 is 0 Å². The molecule has 2 N–H and O–H groups in total. The number of H-pyrrole nitrogens is 1. The molecule has 1 aliphatic heterocycles. The van der Waals surface area contributed by atoms with Crippen LogP contribution in [0.3, 0.4) is 0 Å². The summed E-state index contributed by atoms with van der Waals surface area (Å²) in [6.07, 6.45) is 12.1. The van der Waals surface area contributed by atoms with Gasteiger partial charge < -0.3 is 10.2 Å². The van der Waals surface area contributed by atoms with Crippen LogP contribution in [-0.2, 0) is 4.79 Å². The van der Waals surface area contributed by atoms with E-state index in [1.54, 1.807) is 12.3 Å². The molecule has 1 aromatic rings. The Morgan fingerprint density at radius 2 is 1.88 bits per heavy atom. The molecule has 2 aliphatic rings. The lowest BCUT2D eigenvalue weighted by atomic mass is 9.93. The first-order chi connectivity index (χ1) is 11.7. The van der Waals surface area contributed by atoms with E-state index < -0.39 is 0 Å². The van der Waals surface area contributed by atoms with Gasteiger partial charge in [-0.2, -0.15) is 5.10 Å². The van der Waals surface area contributed by atoms with Crippen LogP contribution in [0.5, 0.6) is 0 Å². The van der Waals surface area contributed by atoms with Crippen molar-refractivity contribution in [2.45, 2.75) is 63.8 Å². The molecule has 24 heavy (non-hydrogen) atoms. The Morgan fingerprint density at radius 1 is 1.12 bits per heavy atom. The molecule has 6 nitrogen and oxygen atoms in total. The molecular formula is C18H28N4O2. The Balaban J connectivity index is 1.57. The second kappa shape index (κ2) is 8.31. The molecule has 6 heteroatoms. The van der Waals surface area contributed by atoms with E-state index in [0.29, 0.717) is 12.6 Å². The Hall–Kier alpha value is -1.85. The number of anilines is 1. The predicted molar refractivity (Wildman–Crippen MR) is 94.0 cm³/mol. The largest absolute Gasteiger partial charge is 0.369 e. The fourth-order valence-electron chi connectivity index (χ4n) is 3.88. The Morgan fingerprint density at radius 3 is 2.62 bits per heavy atom. The molecule has 1 amide bonds. The van der Waals surface area contributed by atoms with Gasteiger partial charge in [-0.1, -0.05) is 32.1 Å². The number of hydrogen-bond donors (Lipinski definition) is 2. The molecule has 1 atom stereocenters. The van der Waals surface area contributed by atoms with Gasteiger partial charge in [0.15, 0.2) is 0 Å². The van der Waals surface area contributed by atoms with Gasteiger partial charge in [-0.3, -0.25) is 9.59 Å². The summed E-state index contributed by atoms with van der Waals surface area (Å²) in [7, 11) is 0. The molecule has 2 heterocycles.